The Balaban J connectivity index is 1.96. The molecule has 2 aromatic rings. The first-order valence-corrected chi connectivity index (χ1v) is 6.36. The molecule has 3 nitrogen and oxygen atoms in total. The minimum Gasteiger partial charge on any atom is -0.341 e. The summed E-state index contributed by atoms with van der Waals surface area (Å²) >= 11 is 2.02. The van der Waals surface area contributed by atoms with Gasteiger partial charge in [-0.1, -0.05) is 12.1 Å². The number of thioether (sulfide) groups is 1. The van der Waals surface area contributed by atoms with Crippen molar-refractivity contribution in [2.75, 3.05) is 29.5 Å². The molecular formula is C11H13N3S. The molecule has 2 heterocycles. The van der Waals surface area contributed by atoms with Gasteiger partial charge in [0.15, 0.2) is 0 Å². The van der Waals surface area contributed by atoms with E-state index < -0.39 is 0 Å². The number of hydrogen-bond donors (Lipinski definition) is 1. The van der Waals surface area contributed by atoms with Gasteiger partial charge >= 0.3 is 0 Å². The summed E-state index contributed by atoms with van der Waals surface area (Å²) in [5.74, 6) is 3.44. The van der Waals surface area contributed by atoms with Crippen molar-refractivity contribution in [1.29, 1.82) is 0 Å². The maximum atomic E-state index is 4.60. The second-order valence-corrected chi connectivity index (χ2v) is 4.90. The number of anilines is 1. The molecule has 0 spiro atoms. The maximum absolute atomic E-state index is 4.60. The van der Waals surface area contributed by atoms with E-state index in [9.17, 15) is 0 Å². The zero-order chi connectivity index (χ0) is 10.1. The topological polar surface area (TPSA) is 31.9 Å². The predicted molar refractivity (Wildman–Crippen MR) is 65.6 cm³/mol. The number of hydrogen-bond acceptors (Lipinski definition) is 3. The zero-order valence-corrected chi connectivity index (χ0v) is 9.26. The van der Waals surface area contributed by atoms with Crippen molar-refractivity contribution in [3.8, 4) is 0 Å². The highest BCUT2D eigenvalue weighted by atomic mass is 32.2. The molecule has 1 aromatic heterocycles. The third-order valence-electron chi connectivity index (χ3n) is 2.69. The van der Waals surface area contributed by atoms with Gasteiger partial charge in [-0.25, -0.2) is 4.98 Å². The number of fused-ring (bicyclic) bond motifs is 1. The van der Waals surface area contributed by atoms with Gasteiger partial charge in [-0.05, 0) is 12.1 Å². The van der Waals surface area contributed by atoms with Gasteiger partial charge in [-0.2, -0.15) is 11.8 Å². The molecule has 1 aromatic carbocycles. The highest BCUT2D eigenvalue weighted by molar-refractivity contribution is 7.99. The Hall–Kier alpha value is -1.16. The lowest BCUT2D eigenvalue weighted by Crippen LogP contribution is -2.33. The van der Waals surface area contributed by atoms with Gasteiger partial charge in [0.05, 0.1) is 11.0 Å². The number of H-pyrrole nitrogens is 1. The Kier molecular flexibility index (Phi) is 2.29. The molecule has 0 atom stereocenters. The van der Waals surface area contributed by atoms with Crippen molar-refractivity contribution in [3.63, 3.8) is 0 Å². The summed E-state index contributed by atoms with van der Waals surface area (Å²) in [6.07, 6.45) is 0. The molecule has 1 aliphatic rings. The van der Waals surface area contributed by atoms with Crippen LogP contribution in [0.1, 0.15) is 0 Å². The van der Waals surface area contributed by atoms with Crippen LogP contribution < -0.4 is 4.90 Å². The normalized spacial score (nSPS) is 17.2. The van der Waals surface area contributed by atoms with Gasteiger partial charge in [0.2, 0.25) is 5.95 Å². The summed E-state index contributed by atoms with van der Waals surface area (Å²) in [5.41, 5.74) is 2.19. The van der Waals surface area contributed by atoms with Gasteiger partial charge in [0, 0.05) is 24.6 Å². The molecular weight excluding hydrogens is 206 g/mol. The average Bonchev–Trinajstić information content (AvgIpc) is 2.74. The van der Waals surface area contributed by atoms with Gasteiger partial charge in [-0.15, -0.1) is 0 Å². The number of nitrogens with one attached hydrogen (secondary N) is 1. The zero-order valence-electron chi connectivity index (χ0n) is 8.44. The van der Waals surface area contributed by atoms with Gasteiger partial charge < -0.3 is 9.88 Å². The number of aromatic amines is 1. The SMILES string of the molecule is c1ccc2[nH]c(N3CCSCC3)nc2c1. The van der Waals surface area contributed by atoms with Gasteiger partial charge in [0.25, 0.3) is 0 Å². The van der Waals surface area contributed by atoms with E-state index in [0.29, 0.717) is 0 Å². The van der Waals surface area contributed by atoms with Crippen LogP contribution in [-0.4, -0.2) is 34.6 Å². The third-order valence-corrected chi connectivity index (χ3v) is 3.63. The van der Waals surface area contributed by atoms with Crippen LogP contribution >= 0.6 is 11.8 Å². The first kappa shape index (κ1) is 9.09. The Morgan fingerprint density at radius 2 is 2.00 bits per heavy atom. The smallest absolute Gasteiger partial charge is 0.203 e. The van der Waals surface area contributed by atoms with Gasteiger partial charge in [-0.3, -0.25) is 0 Å². The molecule has 0 unspecified atom stereocenters. The second kappa shape index (κ2) is 3.77. The fourth-order valence-corrected chi connectivity index (χ4v) is 2.77. The van der Waals surface area contributed by atoms with Crippen LogP contribution in [-0.2, 0) is 0 Å². The van der Waals surface area contributed by atoms with Crippen molar-refractivity contribution in [2.45, 2.75) is 0 Å². The Morgan fingerprint density at radius 1 is 1.20 bits per heavy atom. The summed E-state index contributed by atoms with van der Waals surface area (Å²) < 4.78 is 0. The minimum atomic E-state index is 1.02. The lowest BCUT2D eigenvalue weighted by Gasteiger charge is -2.25. The van der Waals surface area contributed by atoms with E-state index in [1.54, 1.807) is 0 Å². The van der Waals surface area contributed by atoms with Crippen molar-refractivity contribution < 1.29 is 0 Å². The van der Waals surface area contributed by atoms with Crippen molar-refractivity contribution in [1.82, 2.24) is 9.97 Å². The van der Waals surface area contributed by atoms with Crippen LogP contribution in [0.5, 0.6) is 0 Å². The minimum absolute atomic E-state index is 1.02. The summed E-state index contributed by atoms with van der Waals surface area (Å²) in [6, 6.07) is 8.19. The molecule has 0 aliphatic carbocycles. The Bertz CT molecular complexity index is 427. The fourth-order valence-electron chi connectivity index (χ4n) is 1.86. The number of imidazole rings is 1. The molecule has 1 fully saturated rings. The van der Waals surface area contributed by atoms with Crippen LogP contribution in [0.25, 0.3) is 11.0 Å². The van der Waals surface area contributed by atoms with E-state index in [2.05, 4.69) is 20.9 Å². The molecule has 15 heavy (non-hydrogen) atoms. The predicted octanol–water partition coefficient (Wildman–Crippen LogP) is 2.12. The molecule has 78 valence electrons. The highest BCUT2D eigenvalue weighted by Gasteiger charge is 2.14. The molecule has 1 N–H and O–H groups in total. The fraction of sp³-hybridized carbons (Fsp3) is 0.364. The molecule has 0 radical (unpaired) electrons. The Morgan fingerprint density at radius 3 is 2.80 bits per heavy atom. The van der Waals surface area contributed by atoms with Crippen LogP contribution in [0.3, 0.4) is 0 Å². The summed E-state index contributed by atoms with van der Waals surface area (Å²) in [6.45, 7) is 2.20. The highest BCUT2D eigenvalue weighted by Crippen LogP contribution is 2.19. The van der Waals surface area contributed by atoms with Crippen molar-refractivity contribution in [2.24, 2.45) is 0 Å². The molecule has 3 rings (SSSR count). The van der Waals surface area contributed by atoms with Crippen molar-refractivity contribution >= 4 is 28.7 Å². The molecule has 0 bridgehead atoms. The molecule has 1 aliphatic heterocycles. The van der Waals surface area contributed by atoms with E-state index in [0.717, 1.165) is 30.1 Å². The summed E-state index contributed by atoms with van der Waals surface area (Å²) in [4.78, 5) is 10.3. The molecule has 4 heteroatoms. The molecule has 0 saturated carbocycles. The summed E-state index contributed by atoms with van der Waals surface area (Å²) in [5, 5.41) is 0. The van der Waals surface area contributed by atoms with E-state index >= 15 is 0 Å². The quantitative estimate of drug-likeness (QED) is 0.797. The van der Waals surface area contributed by atoms with E-state index in [1.807, 2.05) is 30.0 Å². The van der Waals surface area contributed by atoms with E-state index in [4.69, 9.17) is 0 Å². The van der Waals surface area contributed by atoms with Crippen LogP contribution in [0.4, 0.5) is 5.95 Å². The van der Waals surface area contributed by atoms with Crippen LogP contribution in [0, 0.1) is 0 Å². The number of para-hydroxylation sites is 2. The number of nitrogens with zero attached hydrogens (tertiary/aromatic N) is 2. The summed E-state index contributed by atoms with van der Waals surface area (Å²) in [7, 11) is 0. The van der Waals surface area contributed by atoms with Crippen LogP contribution in [0.15, 0.2) is 24.3 Å². The van der Waals surface area contributed by atoms with Crippen molar-refractivity contribution in [3.05, 3.63) is 24.3 Å². The van der Waals surface area contributed by atoms with Crippen LogP contribution in [0.2, 0.25) is 0 Å². The largest absolute Gasteiger partial charge is 0.341 e. The monoisotopic (exact) mass is 219 g/mol. The standard InChI is InChI=1S/C11H13N3S/c1-2-4-10-9(3-1)12-11(13-10)14-5-7-15-8-6-14/h1-4H,5-8H2,(H,12,13). The van der Waals surface area contributed by atoms with Gasteiger partial charge in [0.1, 0.15) is 0 Å². The third kappa shape index (κ3) is 1.69. The maximum Gasteiger partial charge on any atom is 0.203 e. The first-order valence-electron chi connectivity index (χ1n) is 5.21. The number of benzene rings is 1. The molecule has 0 amide bonds. The number of rotatable bonds is 1. The average molecular weight is 219 g/mol. The first-order chi connectivity index (χ1) is 7.43. The number of aromatic nitrogens is 2. The van der Waals surface area contributed by atoms with E-state index in [-0.39, 0.29) is 0 Å². The lowest BCUT2D eigenvalue weighted by molar-refractivity contribution is 0.828. The van der Waals surface area contributed by atoms with E-state index in [1.165, 1.54) is 11.5 Å². The second-order valence-electron chi connectivity index (χ2n) is 3.68. The molecule has 1 saturated heterocycles. The Labute approximate surface area is 92.9 Å². The lowest BCUT2D eigenvalue weighted by atomic mass is 10.3.